The first-order chi connectivity index (χ1) is 15.0. The molecule has 1 saturated heterocycles. The molecule has 0 spiro atoms. The van der Waals surface area contributed by atoms with Gasteiger partial charge in [-0.05, 0) is 44.2 Å². The second kappa shape index (κ2) is 9.42. The maximum absolute atomic E-state index is 13.9. The molecule has 3 N–H and O–H groups in total. The topological polar surface area (TPSA) is 110 Å². The van der Waals surface area contributed by atoms with Gasteiger partial charge in [0, 0.05) is 6.54 Å². The molecule has 3 atom stereocenters. The van der Waals surface area contributed by atoms with E-state index in [1.165, 1.54) is 18.2 Å². The molecule has 1 saturated carbocycles. The van der Waals surface area contributed by atoms with Gasteiger partial charge in [0.2, 0.25) is 0 Å². The summed E-state index contributed by atoms with van der Waals surface area (Å²) in [5.74, 6) is -1.09. The molecule has 31 heavy (non-hydrogen) atoms. The van der Waals surface area contributed by atoms with Crippen molar-refractivity contribution in [2.24, 2.45) is 0 Å². The van der Waals surface area contributed by atoms with Crippen molar-refractivity contribution in [2.75, 3.05) is 6.61 Å². The zero-order valence-corrected chi connectivity index (χ0v) is 17.4. The summed E-state index contributed by atoms with van der Waals surface area (Å²) in [5.41, 5.74) is -0.253. The minimum atomic E-state index is -0.856. The van der Waals surface area contributed by atoms with Crippen LogP contribution in [0.5, 0.6) is 0 Å². The fourth-order valence-electron chi connectivity index (χ4n) is 4.51. The number of nitrogens with zero attached hydrogens (tertiary/aromatic N) is 3. The largest absolute Gasteiger partial charge is 0.394 e. The molecule has 1 aromatic carbocycles. The predicted molar refractivity (Wildman–Crippen MR) is 110 cm³/mol. The third kappa shape index (κ3) is 4.94. The summed E-state index contributed by atoms with van der Waals surface area (Å²) in [6.45, 7) is 0.345. The van der Waals surface area contributed by atoms with E-state index < -0.39 is 23.4 Å². The predicted octanol–water partition coefficient (Wildman–Crippen LogP) is 1.91. The van der Waals surface area contributed by atoms with Crippen molar-refractivity contribution in [1.29, 1.82) is 0 Å². The number of ether oxygens (including phenoxy) is 1. The number of benzene rings is 1. The van der Waals surface area contributed by atoms with Crippen LogP contribution in [0.4, 0.5) is 4.39 Å². The molecule has 0 bridgehead atoms. The summed E-state index contributed by atoms with van der Waals surface area (Å²) >= 11 is 0. The van der Waals surface area contributed by atoms with Gasteiger partial charge in [0.25, 0.3) is 5.91 Å². The summed E-state index contributed by atoms with van der Waals surface area (Å²) in [4.78, 5) is 12.4. The van der Waals surface area contributed by atoms with Crippen molar-refractivity contribution in [3.63, 3.8) is 0 Å². The molecule has 2 aromatic rings. The molecule has 1 aromatic heterocycles. The van der Waals surface area contributed by atoms with E-state index in [0.29, 0.717) is 31.5 Å². The number of aliphatic hydroxyl groups is 2. The fraction of sp³-hybridized carbons (Fsp3) is 0.591. The number of hydrogen-bond donors (Lipinski definition) is 3. The average Bonchev–Trinajstić information content (AvgIpc) is 3.43. The first-order valence-electron chi connectivity index (χ1n) is 10.9. The minimum Gasteiger partial charge on any atom is -0.394 e. The monoisotopic (exact) mass is 432 g/mol. The van der Waals surface area contributed by atoms with Gasteiger partial charge in [-0.15, -0.1) is 5.10 Å². The van der Waals surface area contributed by atoms with Gasteiger partial charge in [-0.3, -0.25) is 9.48 Å². The number of carbonyl (C=O) groups excluding carboxylic acids is 1. The van der Waals surface area contributed by atoms with Crippen LogP contribution in [0.3, 0.4) is 0 Å². The lowest BCUT2D eigenvalue weighted by Crippen LogP contribution is -2.51. The highest BCUT2D eigenvalue weighted by Crippen LogP contribution is 2.37. The quantitative estimate of drug-likeness (QED) is 0.617. The lowest BCUT2D eigenvalue weighted by Gasteiger charge is -2.36. The molecular weight excluding hydrogens is 403 g/mol. The Bertz CT molecular complexity index is 899. The van der Waals surface area contributed by atoms with E-state index in [4.69, 9.17) is 4.74 Å². The Morgan fingerprint density at radius 3 is 2.81 bits per heavy atom. The first kappa shape index (κ1) is 21.9. The van der Waals surface area contributed by atoms with Crippen LogP contribution < -0.4 is 5.32 Å². The number of halogens is 1. The van der Waals surface area contributed by atoms with Crippen molar-refractivity contribution in [3.8, 4) is 0 Å². The van der Waals surface area contributed by atoms with Crippen molar-refractivity contribution in [1.82, 2.24) is 20.3 Å². The van der Waals surface area contributed by atoms with Crippen molar-refractivity contribution >= 4 is 5.91 Å². The number of rotatable bonds is 7. The number of aromatic nitrogens is 3. The van der Waals surface area contributed by atoms with E-state index in [1.807, 2.05) is 0 Å². The zero-order valence-electron chi connectivity index (χ0n) is 17.4. The van der Waals surface area contributed by atoms with Crippen LogP contribution in [0.1, 0.15) is 61.0 Å². The Kier molecular flexibility index (Phi) is 6.64. The lowest BCUT2D eigenvalue weighted by atomic mass is 9.96. The molecule has 168 valence electrons. The molecule has 2 heterocycles. The average molecular weight is 432 g/mol. The molecule has 2 fully saturated rings. The van der Waals surface area contributed by atoms with Crippen molar-refractivity contribution in [2.45, 2.75) is 75.3 Å². The molecule has 0 unspecified atom stereocenters. The zero-order chi connectivity index (χ0) is 21.8. The summed E-state index contributed by atoms with van der Waals surface area (Å²) in [6.07, 6.45) is 6.57. The van der Waals surface area contributed by atoms with Gasteiger partial charge in [-0.2, -0.15) is 0 Å². The van der Waals surface area contributed by atoms with Crippen LogP contribution >= 0.6 is 0 Å². The van der Waals surface area contributed by atoms with Gasteiger partial charge < -0.3 is 20.3 Å². The van der Waals surface area contributed by atoms with Crippen LogP contribution in [-0.2, 0) is 16.9 Å². The Balaban J connectivity index is 1.29. The highest BCUT2D eigenvalue weighted by molar-refractivity contribution is 5.94. The molecule has 1 aliphatic carbocycles. The van der Waals surface area contributed by atoms with Gasteiger partial charge in [0.15, 0.2) is 0 Å². The molecule has 0 radical (unpaired) electrons. The first-order valence-corrected chi connectivity index (χ1v) is 10.9. The molecular formula is C22H29FN4O4. The molecule has 1 amide bonds. The fourth-order valence-corrected chi connectivity index (χ4v) is 4.51. The van der Waals surface area contributed by atoms with E-state index >= 15 is 0 Å². The number of hydrogen-bond acceptors (Lipinski definition) is 6. The summed E-state index contributed by atoms with van der Waals surface area (Å²) < 4.78 is 21.6. The molecule has 9 heteroatoms. The minimum absolute atomic E-state index is 0.0211. The van der Waals surface area contributed by atoms with E-state index in [9.17, 15) is 19.4 Å². The number of aliphatic hydroxyl groups excluding tert-OH is 1. The van der Waals surface area contributed by atoms with E-state index in [2.05, 4.69) is 15.6 Å². The Morgan fingerprint density at radius 2 is 2.06 bits per heavy atom. The maximum Gasteiger partial charge on any atom is 0.254 e. The van der Waals surface area contributed by atoms with Crippen LogP contribution in [0, 0.1) is 5.82 Å². The number of aryl methyl sites for hydroxylation is 1. The van der Waals surface area contributed by atoms with Gasteiger partial charge in [-0.25, -0.2) is 4.39 Å². The van der Waals surface area contributed by atoms with Gasteiger partial charge in [-0.1, -0.05) is 30.2 Å². The second-order valence-electron chi connectivity index (χ2n) is 8.51. The number of carbonyl (C=O) groups is 1. The molecule has 4 rings (SSSR count). The SMILES string of the molecule is O=C(N[C@H]1CC[C@H](CCn2cc(C3(O)CCCC3)nn2)O[C@@H]1CO)c1ccccc1F. The van der Waals surface area contributed by atoms with Crippen molar-refractivity contribution < 1.29 is 24.1 Å². The smallest absolute Gasteiger partial charge is 0.254 e. The normalized spacial score (nSPS) is 25.5. The number of nitrogens with one attached hydrogen (secondary N) is 1. The highest BCUT2D eigenvalue weighted by atomic mass is 19.1. The Hall–Kier alpha value is -2.36. The standard InChI is InChI=1S/C22H29FN4O4/c23-17-6-2-1-5-16(17)21(29)24-18-8-7-15(31-19(18)14-28)9-12-27-13-20(25-26-27)22(30)10-3-4-11-22/h1-2,5-6,13,15,18-19,28,30H,3-4,7-12,14H2,(H,24,29)/t15-,18+,19-/m1/s1. The van der Waals surface area contributed by atoms with Gasteiger partial charge >= 0.3 is 0 Å². The highest BCUT2D eigenvalue weighted by Gasteiger charge is 2.36. The maximum atomic E-state index is 13.9. The van der Waals surface area contributed by atoms with E-state index in [0.717, 1.165) is 25.7 Å². The Labute approximate surface area is 180 Å². The van der Waals surface area contributed by atoms with Gasteiger partial charge in [0.05, 0.1) is 30.5 Å². The summed E-state index contributed by atoms with van der Waals surface area (Å²) in [7, 11) is 0. The second-order valence-corrected chi connectivity index (χ2v) is 8.51. The number of amides is 1. The van der Waals surface area contributed by atoms with Gasteiger partial charge in [0.1, 0.15) is 23.2 Å². The third-order valence-corrected chi connectivity index (χ3v) is 6.36. The molecule has 2 aliphatic rings. The summed E-state index contributed by atoms with van der Waals surface area (Å²) in [6, 6.07) is 5.42. The van der Waals surface area contributed by atoms with Crippen LogP contribution in [0.25, 0.3) is 0 Å². The lowest BCUT2D eigenvalue weighted by molar-refractivity contribution is -0.0912. The van der Waals surface area contributed by atoms with Crippen molar-refractivity contribution in [3.05, 3.63) is 47.5 Å². The van der Waals surface area contributed by atoms with Crippen LogP contribution in [-0.4, -0.2) is 56.0 Å². The third-order valence-electron chi connectivity index (χ3n) is 6.36. The molecule has 1 aliphatic heterocycles. The Morgan fingerprint density at radius 1 is 1.29 bits per heavy atom. The van der Waals surface area contributed by atoms with Crippen LogP contribution in [0.2, 0.25) is 0 Å². The summed E-state index contributed by atoms with van der Waals surface area (Å²) in [5, 5.41) is 31.5. The van der Waals surface area contributed by atoms with E-state index in [1.54, 1.807) is 16.9 Å². The van der Waals surface area contributed by atoms with E-state index in [-0.39, 0.29) is 24.3 Å². The van der Waals surface area contributed by atoms with Crippen LogP contribution in [0.15, 0.2) is 30.5 Å². The molecule has 8 nitrogen and oxygen atoms in total.